The van der Waals surface area contributed by atoms with Crippen LogP contribution in [0.5, 0.6) is 0 Å². The van der Waals surface area contributed by atoms with Crippen LogP contribution in [-0.2, 0) is 16.1 Å². The maximum Gasteiger partial charge on any atom is 0.311 e. The molecule has 2 rings (SSSR count). The number of aliphatic carboxylic acids is 1. The Bertz CT molecular complexity index is 518. The lowest BCUT2D eigenvalue weighted by molar-refractivity contribution is -0.150. The molecule has 1 aromatic rings. The van der Waals surface area contributed by atoms with Crippen LogP contribution in [-0.4, -0.2) is 30.6 Å². The molecule has 5 nitrogen and oxygen atoms in total. The van der Waals surface area contributed by atoms with Gasteiger partial charge in [0.25, 0.3) is 5.91 Å². The topological polar surface area (TPSA) is 75.6 Å². The Morgan fingerprint density at radius 3 is 2.36 bits per heavy atom. The summed E-state index contributed by atoms with van der Waals surface area (Å²) in [5, 5.41) is 12.3. The second kappa shape index (κ2) is 7.40. The molecule has 1 amide bonds. The number of carbonyl (C=O) groups excluding carboxylic acids is 1. The molecule has 0 aliphatic heterocycles. The molecular formula is C17H23NO4. The molecule has 2 N–H and O–H groups in total. The summed E-state index contributed by atoms with van der Waals surface area (Å²) in [7, 11) is 1.62. The molecule has 1 saturated carbocycles. The predicted octanol–water partition coefficient (Wildman–Crippen LogP) is 2.60. The average Bonchev–Trinajstić information content (AvgIpc) is 2.54. The first kappa shape index (κ1) is 16.5. The zero-order chi connectivity index (χ0) is 16.0. The summed E-state index contributed by atoms with van der Waals surface area (Å²) in [5.41, 5.74) is 0.730. The van der Waals surface area contributed by atoms with Crippen LogP contribution in [0.2, 0.25) is 0 Å². The lowest BCUT2D eigenvalue weighted by Gasteiger charge is -2.33. The number of amides is 1. The second-order valence-corrected chi connectivity index (χ2v) is 5.96. The Morgan fingerprint density at radius 2 is 1.82 bits per heavy atom. The van der Waals surface area contributed by atoms with E-state index in [4.69, 9.17) is 4.74 Å². The van der Waals surface area contributed by atoms with Gasteiger partial charge in [-0.25, -0.2) is 0 Å². The molecule has 1 aliphatic rings. The van der Waals surface area contributed by atoms with Crippen LogP contribution in [0, 0.1) is 5.41 Å². The van der Waals surface area contributed by atoms with Crippen molar-refractivity contribution in [2.24, 2.45) is 5.41 Å². The highest BCUT2D eigenvalue weighted by molar-refractivity contribution is 5.94. The third kappa shape index (κ3) is 3.85. The highest BCUT2D eigenvalue weighted by atomic mass is 16.5. The van der Waals surface area contributed by atoms with E-state index in [1.54, 1.807) is 19.2 Å². The molecule has 0 aromatic heterocycles. The molecule has 0 radical (unpaired) electrons. The van der Waals surface area contributed by atoms with Gasteiger partial charge in [0.1, 0.15) is 0 Å². The third-order valence-corrected chi connectivity index (χ3v) is 4.38. The van der Waals surface area contributed by atoms with Crippen LogP contribution in [0.1, 0.15) is 48.0 Å². The van der Waals surface area contributed by atoms with Gasteiger partial charge in [0.05, 0.1) is 12.0 Å². The molecule has 120 valence electrons. The van der Waals surface area contributed by atoms with Crippen LogP contribution < -0.4 is 5.32 Å². The van der Waals surface area contributed by atoms with E-state index in [0.717, 1.165) is 24.8 Å². The van der Waals surface area contributed by atoms with E-state index in [1.807, 2.05) is 12.1 Å². The van der Waals surface area contributed by atoms with Gasteiger partial charge >= 0.3 is 5.97 Å². The van der Waals surface area contributed by atoms with E-state index in [0.29, 0.717) is 25.0 Å². The second-order valence-electron chi connectivity index (χ2n) is 5.96. The van der Waals surface area contributed by atoms with Crippen LogP contribution in [0.25, 0.3) is 0 Å². The van der Waals surface area contributed by atoms with Crippen LogP contribution in [0.15, 0.2) is 24.3 Å². The summed E-state index contributed by atoms with van der Waals surface area (Å²) < 4.78 is 5.03. The maximum absolute atomic E-state index is 12.2. The lowest BCUT2D eigenvalue weighted by atomic mass is 9.74. The summed E-state index contributed by atoms with van der Waals surface area (Å²) in [6.07, 6.45) is 4.16. The van der Waals surface area contributed by atoms with Gasteiger partial charge in [0.15, 0.2) is 0 Å². The average molecular weight is 305 g/mol. The number of benzene rings is 1. The molecule has 22 heavy (non-hydrogen) atoms. The fraction of sp³-hybridized carbons (Fsp3) is 0.529. The number of nitrogens with one attached hydrogen (secondary N) is 1. The number of methoxy groups -OCH3 is 1. The number of rotatable bonds is 6. The Labute approximate surface area is 130 Å². The minimum atomic E-state index is -0.803. The maximum atomic E-state index is 12.2. The molecule has 0 atom stereocenters. The Balaban J connectivity index is 1.97. The zero-order valence-corrected chi connectivity index (χ0v) is 12.9. The first-order valence-electron chi connectivity index (χ1n) is 7.67. The van der Waals surface area contributed by atoms with Crippen molar-refractivity contribution in [2.45, 2.75) is 38.7 Å². The van der Waals surface area contributed by atoms with E-state index < -0.39 is 11.4 Å². The fourth-order valence-corrected chi connectivity index (χ4v) is 2.97. The summed E-state index contributed by atoms with van der Waals surface area (Å²) in [6.45, 7) is 0.699. The van der Waals surface area contributed by atoms with Gasteiger partial charge < -0.3 is 15.2 Å². The van der Waals surface area contributed by atoms with Gasteiger partial charge in [-0.05, 0) is 30.5 Å². The fourth-order valence-electron chi connectivity index (χ4n) is 2.97. The van der Waals surface area contributed by atoms with Crippen LogP contribution >= 0.6 is 0 Å². The first-order valence-corrected chi connectivity index (χ1v) is 7.67. The quantitative estimate of drug-likeness (QED) is 0.847. The smallest absolute Gasteiger partial charge is 0.311 e. The van der Waals surface area contributed by atoms with Gasteiger partial charge in [-0.1, -0.05) is 31.4 Å². The molecule has 1 aliphatic carbocycles. The number of hydrogen-bond donors (Lipinski definition) is 2. The van der Waals surface area contributed by atoms with Crippen molar-refractivity contribution in [3.63, 3.8) is 0 Å². The molecule has 1 aromatic carbocycles. The molecule has 0 saturated heterocycles. The number of hydrogen-bond acceptors (Lipinski definition) is 3. The van der Waals surface area contributed by atoms with Gasteiger partial charge in [-0.3, -0.25) is 9.59 Å². The Morgan fingerprint density at radius 1 is 1.18 bits per heavy atom. The van der Waals surface area contributed by atoms with E-state index in [9.17, 15) is 14.7 Å². The largest absolute Gasteiger partial charge is 0.481 e. The molecule has 0 bridgehead atoms. The van der Waals surface area contributed by atoms with Crippen molar-refractivity contribution in [3.05, 3.63) is 35.4 Å². The SMILES string of the molecule is COCc1ccc(C(=O)NCC2(C(=O)O)CCCCC2)cc1. The number of ether oxygens (including phenoxy) is 1. The van der Waals surface area contributed by atoms with Gasteiger partial charge in [0.2, 0.25) is 0 Å². The molecule has 5 heteroatoms. The normalized spacial score (nSPS) is 17.0. The number of carbonyl (C=O) groups is 2. The highest BCUT2D eigenvalue weighted by Gasteiger charge is 2.39. The van der Waals surface area contributed by atoms with Crippen molar-refractivity contribution in [1.82, 2.24) is 5.32 Å². The van der Waals surface area contributed by atoms with Gasteiger partial charge in [-0.2, -0.15) is 0 Å². The summed E-state index contributed by atoms with van der Waals surface area (Å²) >= 11 is 0. The molecular weight excluding hydrogens is 282 g/mol. The summed E-state index contributed by atoms with van der Waals surface area (Å²) in [5.74, 6) is -1.03. The first-order chi connectivity index (χ1) is 10.6. The number of carboxylic acids is 1. The molecule has 0 spiro atoms. The molecule has 0 heterocycles. The minimum Gasteiger partial charge on any atom is -0.481 e. The monoisotopic (exact) mass is 305 g/mol. The lowest BCUT2D eigenvalue weighted by Crippen LogP contribution is -2.44. The van der Waals surface area contributed by atoms with Crippen LogP contribution in [0.4, 0.5) is 0 Å². The van der Waals surface area contributed by atoms with E-state index in [-0.39, 0.29) is 12.5 Å². The van der Waals surface area contributed by atoms with Gasteiger partial charge in [-0.15, -0.1) is 0 Å². The standard InChI is InChI=1S/C17H23NO4/c1-22-11-13-5-7-14(8-6-13)15(19)18-12-17(16(20)21)9-3-2-4-10-17/h5-8H,2-4,9-12H2,1H3,(H,18,19)(H,20,21). The van der Waals surface area contributed by atoms with Crippen molar-refractivity contribution in [2.75, 3.05) is 13.7 Å². The van der Waals surface area contributed by atoms with Crippen molar-refractivity contribution in [1.29, 1.82) is 0 Å². The predicted molar refractivity (Wildman–Crippen MR) is 82.6 cm³/mol. The highest BCUT2D eigenvalue weighted by Crippen LogP contribution is 2.36. The molecule has 1 fully saturated rings. The summed E-state index contributed by atoms with van der Waals surface area (Å²) in [6, 6.07) is 7.15. The van der Waals surface area contributed by atoms with Crippen LogP contribution in [0.3, 0.4) is 0 Å². The zero-order valence-electron chi connectivity index (χ0n) is 12.9. The Hall–Kier alpha value is -1.88. The number of carboxylic acid groups (broad SMARTS) is 1. The van der Waals surface area contributed by atoms with E-state index in [2.05, 4.69) is 5.32 Å². The minimum absolute atomic E-state index is 0.195. The van der Waals surface area contributed by atoms with Crippen molar-refractivity contribution in [3.8, 4) is 0 Å². The van der Waals surface area contributed by atoms with Gasteiger partial charge in [0, 0.05) is 19.2 Å². The van der Waals surface area contributed by atoms with Crippen molar-refractivity contribution < 1.29 is 19.4 Å². The van der Waals surface area contributed by atoms with E-state index in [1.165, 1.54) is 0 Å². The summed E-state index contributed by atoms with van der Waals surface area (Å²) in [4.78, 5) is 23.8. The van der Waals surface area contributed by atoms with E-state index >= 15 is 0 Å². The van der Waals surface area contributed by atoms with Crippen molar-refractivity contribution >= 4 is 11.9 Å². The Kier molecular flexibility index (Phi) is 5.55. The molecule has 0 unspecified atom stereocenters. The third-order valence-electron chi connectivity index (χ3n) is 4.38.